The number of rotatable bonds is 5. The number of pyridine rings is 1. The van der Waals surface area contributed by atoms with Gasteiger partial charge in [-0.05, 0) is 24.6 Å². The Morgan fingerprint density at radius 2 is 1.92 bits per heavy atom. The van der Waals surface area contributed by atoms with E-state index in [4.69, 9.17) is 9.47 Å². The summed E-state index contributed by atoms with van der Waals surface area (Å²) in [5.74, 6) is 0.0240. The number of fused-ring (bicyclic) bond motifs is 1. The van der Waals surface area contributed by atoms with Crippen LogP contribution in [0.25, 0.3) is 10.9 Å². The first kappa shape index (κ1) is 15.8. The zero-order chi connectivity index (χ0) is 16.9. The van der Waals surface area contributed by atoms with Crippen LogP contribution in [0.15, 0.2) is 59.5 Å². The minimum atomic E-state index is -0.620. The molecule has 3 rings (SSSR count). The van der Waals surface area contributed by atoms with Crippen molar-refractivity contribution in [2.45, 2.75) is 13.5 Å². The molecule has 5 nitrogen and oxygen atoms in total. The lowest BCUT2D eigenvalue weighted by Gasteiger charge is -2.08. The smallest absolute Gasteiger partial charge is 0.343 e. The molecule has 0 aliphatic rings. The number of aromatic amines is 1. The van der Waals surface area contributed by atoms with E-state index in [0.717, 1.165) is 5.56 Å². The molecule has 0 saturated heterocycles. The predicted octanol–water partition coefficient (Wildman–Crippen LogP) is 3.28. The molecule has 122 valence electrons. The molecule has 0 radical (unpaired) electrons. The maximum atomic E-state index is 12.4. The van der Waals surface area contributed by atoms with Crippen LogP contribution in [-0.4, -0.2) is 17.6 Å². The van der Waals surface area contributed by atoms with Gasteiger partial charge in [0.25, 0.3) is 0 Å². The fourth-order valence-electron chi connectivity index (χ4n) is 2.39. The van der Waals surface area contributed by atoms with Crippen LogP contribution in [0.1, 0.15) is 22.8 Å². The average molecular weight is 323 g/mol. The van der Waals surface area contributed by atoms with E-state index in [0.29, 0.717) is 23.3 Å². The summed E-state index contributed by atoms with van der Waals surface area (Å²) in [7, 11) is 0. The van der Waals surface area contributed by atoms with Crippen molar-refractivity contribution >= 4 is 16.9 Å². The van der Waals surface area contributed by atoms with Crippen molar-refractivity contribution in [3.05, 3.63) is 76.1 Å². The highest BCUT2D eigenvalue weighted by atomic mass is 16.5. The first-order chi connectivity index (χ1) is 11.7. The molecular weight excluding hydrogens is 306 g/mol. The number of esters is 1. The third-order valence-electron chi connectivity index (χ3n) is 3.60. The van der Waals surface area contributed by atoms with E-state index in [2.05, 4.69) is 4.98 Å². The zero-order valence-electron chi connectivity index (χ0n) is 13.2. The molecule has 1 N–H and O–H groups in total. The van der Waals surface area contributed by atoms with Crippen LogP contribution in [0.4, 0.5) is 0 Å². The number of benzene rings is 2. The molecule has 0 aliphatic carbocycles. The fourth-order valence-corrected chi connectivity index (χ4v) is 2.39. The van der Waals surface area contributed by atoms with E-state index in [1.54, 1.807) is 25.1 Å². The van der Waals surface area contributed by atoms with Gasteiger partial charge >= 0.3 is 5.97 Å². The molecule has 0 aliphatic heterocycles. The van der Waals surface area contributed by atoms with Crippen LogP contribution in [0.5, 0.6) is 5.75 Å². The van der Waals surface area contributed by atoms with Crippen molar-refractivity contribution in [2.75, 3.05) is 6.61 Å². The first-order valence-corrected chi connectivity index (χ1v) is 7.68. The summed E-state index contributed by atoms with van der Waals surface area (Å²) in [6.45, 7) is 2.36. The van der Waals surface area contributed by atoms with Gasteiger partial charge in [0.15, 0.2) is 0 Å². The lowest BCUT2D eigenvalue weighted by atomic mass is 10.1. The summed E-state index contributed by atoms with van der Waals surface area (Å²) in [6.07, 6.45) is 1.38. The summed E-state index contributed by atoms with van der Waals surface area (Å²) >= 11 is 0. The second-order valence-electron chi connectivity index (χ2n) is 5.23. The Bertz CT molecular complexity index is 916. The Morgan fingerprint density at radius 3 is 2.67 bits per heavy atom. The Kier molecular flexibility index (Phi) is 4.61. The molecular formula is C19H17NO4. The second-order valence-corrected chi connectivity index (χ2v) is 5.23. The number of hydrogen-bond acceptors (Lipinski definition) is 4. The summed E-state index contributed by atoms with van der Waals surface area (Å²) < 4.78 is 10.6. The number of carbonyl (C=O) groups excluding carboxylic acids is 1. The van der Waals surface area contributed by atoms with Gasteiger partial charge in [-0.25, -0.2) is 4.79 Å². The average Bonchev–Trinajstić information content (AvgIpc) is 2.61. The Labute approximate surface area is 138 Å². The molecule has 2 aromatic carbocycles. The predicted molar refractivity (Wildman–Crippen MR) is 91.3 cm³/mol. The molecule has 0 spiro atoms. The number of ether oxygens (including phenoxy) is 2. The van der Waals surface area contributed by atoms with Gasteiger partial charge in [0.1, 0.15) is 17.9 Å². The lowest BCUT2D eigenvalue weighted by Crippen LogP contribution is -2.18. The maximum absolute atomic E-state index is 12.4. The maximum Gasteiger partial charge on any atom is 0.343 e. The molecule has 0 atom stereocenters. The number of hydrogen-bond donors (Lipinski definition) is 1. The number of aromatic nitrogens is 1. The van der Waals surface area contributed by atoms with Gasteiger partial charge in [0, 0.05) is 17.6 Å². The Balaban J connectivity index is 1.85. The van der Waals surface area contributed by atoms with Crippen molar-refractivity contribution in [1.29, 1.82) is 0 Å². The third-order valence-corrected chi connectivity index (χ3v) is 3.60. The van der Waals surface area contributed by atoms with E-state index in [1.807, 2.05) is 30.3 Å². The normalized spacial score (nSPS) is 10.5. The quantitative estimate of drug-likeness (QED) is 0.732. The van der Waals surface area contributed by atoms with Crippen LogP contribution < -0.4 is 10.2 Å². The van der Waals surface area contributed by atoms with Gasteiger partial charge in [0.2, 0.25) is 5.43 Å². The van der Waals surface area contributed by atoms with Gasteiger partial charge in [-0.1, -0.05) is 30.3 Å². The molecule has 0 unspecified atom stereocenters. The molecule has 24 heavy (non-hydrogen) atoms. The molecule has 0 amide bonds. The third kappa shape index (κ3) is 3.30. The summed E-state index contributed by atoms with van der Waals surface area (Å²) in [5.41, 5.74) is 1.32. The summed E-state index contributed by atoms with van der Waals surface area (Å²) in [5, 5.41) is 0.424. The van der Waals surface area contributed by atoms with Crippen molar-refractivity contribution in [1.82, 2.24) is 4.98 Å². The Hall–Kier alpha value is -3.08. The van der Waals surface area contributed by atoms with Crippen LogP contribution >= 0.6 is 0 Å². The van der Waals surface area contributed by atoms with Crippen molar-refractivity contribution < 1.29 is 14.3 Å². The van der Waals surface area contributed by atoms with Crippen molar-refractivity contribution in [2.24, 2.45) is 0 Å². The molecule has 0 saturated carbocycles. The number of H-pyrrole nitrogens is 1. The topological polar surface area (TPSA) is 68.4 Å². The highest BCUT2D eigenvalue weighted by Gasteiger charge is 2.14. The SMILES string of the molecule is CCOC(=O)c1c[nH]c2cc(OCc3ccccc3)ccc2c1=O. The van der Waals surface area contributed by atoms with Crippen LogP contribution in [0.2, 0.25) is 0 Å². The van der Waals surface area contributed by atoms with E-state index in [-0.39, 0.29) is 17.6 Å². The van der Waals surface area contributed by atoms with E-state index in [1.165, 1.54) is 6.20 Å². The summed E-state index contributed by atoms with van der Waals surface area (Å²) in [6, 6.07) is 14.9. The van der Waals surface area contributed by atoms with Gasteiger partial charge in [-0.2, -0.15) is 0 Å². The summed E-state index contributed by atoms with van der Waals surface area (Å²) in [4.78, 5) is 27.1. The molecule has 0 fully saturated rings. The number of nitrogens with one attached hydrogen (secondary N) is 1. The van der Waals surface area contributed by atoms with Crippen molar-refractivity contribution in [3.8, 4) is 5.75 Å². The minimum Gasteiger partial charge on any atom is -0.489 e. The molecule has 0 bridgehead atoms. The fraction of sp³-hybridized carbons (Fsp3) is 0.158. The number of carbonyl (C=O) groups is 1. The van der Waals surface area contributed by atoms with Gasteiger partial charge in [-0.3, -0.25) is 4.79 Å². The van der Waals surface area contributed by atoms with E-state index in [9.17, 15) is 9.59 Å². The monoisotopic (exact) mass is 323 g/mol. The van der Waals surface area contributed by atoms with E-state index >= 15 is 0 Å². The second kappa shape index (κ2) is 7.00. The molecule has 1 heterocycles. The van der Waals surface area contributed by atoms with Gasteiger partial charge in [0.05, 0.1) is 12.1 Å². The van der Waals surface area contributed by atoms with Crippen LogP contribution in [0, 0.1) is 0 Å². The Morgan fingerprint density at radius 1 is 1.12 bits per heavy atom. The molecule has 3 aromatic rings. The molecule has 1 aromatic heterocycles. The van der Waals surface area contributed by atoms with E-state index < -0.39 is 5.97 Å². The lowest BCUT2D eigenvalue weighted by molar-refractivity contribution is 0.0524. The van der Waals surface area contributed by atoms with Crippen molar-refractivity contribution in [3.63, 3.8) is 0 Å². The standard InChI is InChI=1S/C19H17NO4/c1-2-23-19(22)16-11-20-17-10-14(8-9-15(17)18(16)21)24-12-13-6-4-3-5-7-13/h3-11H,2,12H2,1H3,(H,20,21). The van der Waals surface area contributed by atoms with Gasteiger partial charge in [-0.15, -0.1) is 0 Å². The van der Waals surface area contributed by atoms with Crippen LogP contribution in [0.3, 0.4) is 0 Å². The highest BCUT2D eigenvalue weighted by molar-refractivity contribution is 5.93. The highest BCUT2D eigenvalue weighted by Crippen LogP contribution is 2.18. The largest absolute Gasteiger partial charge is 0.489 e. The molecule has 5 heteroatoms. The minimum absolute atomic E-state index is 0.00213. The first-order valence-electron chi connectivity index (χ1n) is 7.68. The van der Waals surface area contributed by atoms with Crippen LogP contribution in [-0.2, 0) is 11.3 Å². The zero-order valence-corrected chi connectivity index (χ0v) is 13.2. The van der Waals surface area contributed by atoms with Gasteiger partial charge < -0.3 is 14.5 Å².